The SMILES string of the molecule is CC(=O)C(Cl)C(C)=O.CC(=O)C(Oc1ccc(S(=O)(=O)N(C)C)c(Cl)c1)C(C)=O.CN(C)S(=O)(=O)c1ccc(O)cc1Cl. The highest BCUT2D eigenvalue weighted by molar-refractivity contribution is 7.89. The number of phenolic OH excluding ortho intramolecular Hbond substituents is 1. The van der Waals surface area contributed by atoms with Crippen LogP contribution in [-0.4, -0.2) is 93.4 Å². The van der Waals surface area contributed by atoms with Crippen LogP contribution in [0.25, 0.3) is 0 Å². The highest BCUT2D eigenvalue weighted by Gasteiger charge is 2.24. The van der Waals surface area contributed by atoms with Gasteiger partial charge in [-0.2, -0.15) is 0 Å². The van der Waals surface area contributed by atoms with Crippen LogP contribution in [0.4, 0.5) is 0 Å². The van der Waals surface area contributed by atoms with Crippen molar-refractivity contribution in [2.75, 3.05) is 28.2 Å². The number of phenols is 1. The maximum atomic E-state index is 12.0. The van der Waals surface area contributed by atoms with E-state index in [4.69, 9.17) is 44.6 Å². The van der Waals surface area contributed by atoms with Crippen LogP contribution in [0.3, 0.4) is 0 Å². The van der Waals surface area contributed by atoms with Gasteiger partial charge in [-0.3, -0.25) is 19.2 Å². The molecule has 1 N–H and O–H groups in total. The topological polar surface area (TPSA) is 172 Å². The molecule has 43 heavy (non-hydrogen) atoms. The second-order valence-corrected chi connectivity index (χ2v) is 14.6. The van der Waals surface area contributed by atoms with Gasteiger partial charge >= 0.3 is 0 Å². The zero-order valence-electron chi connectivity index (χ0n) is 24.6. The molecule has 0 heterocycles. The molecule has 0 spiro atoms. The second kappa shape index (κ2) is 17.0. The number of Topliss-reactive ketones (excluding diaryl/α,β-unsaturated/α-hetero) is 4. The Kier molecular flexibility index (Phi) is 16.0. The Morgan fingerprint density at radius 1 is 0.698 bits per heavy atom. The summed E-state index contributed by atoms with van der Waals surface area (Å²) >= 11 is 16.9. The smallest absolute Gasteiger partial charge is 0.244 e. The Hall–Kier alpha value is -2.59. The van der Waals surface area contributed by atoms with E-state index >= 15 is 0 Å². The molecule has 0 bridgehead atoms. The first kappa shape index (κ1) is 40.4. The van der Waals surface area contributed by atoms with Crippen molar-refractivity contribution in [3.63, 3.8) is 0 Å². The molecule has 0 aliphatic rings. The molecule has 0 fully saturated rings. The van der Waals surface area contributed by atoms with E-state index in [2.05, 4.69) is 0 Å². The lowest BCUT2D eigenvalue weighted by Gasteiger charge is -2.16. The molecule has 2 aromatic carbocycles. The molecule has 240 valence electrons. The third kappa shape index (κ3) is 12.1. The largest absolute Gasteiger partial charge is 0.508 e. The summed E-state index contributed by atoms with van der Waals surface area (Å²) in [5, 5.41) is 8.08. The number of carbonyl (C=O) groups excluding carboxylic acids is 4. The molecule has 0 radical (unpaired) electrons. The molecule has 0 amide bonds. The fourth-order valence-electron chi connectivity index (χ4n) is 2.73. The maximum Gasteiger partial charge on any atom is 0.244 e. The monoisotopic (exact) mass is 702 g/mol. The molecule has 0 atom stereocenters. The number of rotatable bonds is 10. The van der Waals surface area contributed by atoms with Gasteiger partial charge in [-0.15, -0.1) is 11.6 Å². The van der Waals surface area contributed by atoms with Crippen molar-refractivity contribution in [2.24, 2.45) is 0 Å². The van der Waals surface area contributed by atoms with Crippen molar-refractivity contribution in [1.82, 2.24) is 8.61 Å². The van der Waals surface area contributed by atoms with Gasteiger partial charge < -0.3 is 9.84 Å². The van der Waals surface area contributed by atoms with Crippen molar-refractivity contribution in [2.45, 2.75) is 49.0 Å². The summed E-state index contributed by atoms with van der Waals surface area (Å²) in [6, 6.07) is 7.62. The zero-order chi connectivity index (χ0) is 34.0. The number of halogens is 3. The number of ether oxygens (including phenoxy) is 1. The van der Waals surface area contributed by atoms with E-state index in [1.165, 1.54) is 92.3 Å². The number of alkyl halides is 1. The average Bonchev–Trinajstić information content (AvgIpc) is 2.86. The predicted molar refractivity (Wildman–Crippen MR) is 163 cm³/mol. The van der Waals surface area contributed by atoms with Gasteiger partial charge in [-0.1, -0.05) is 23.2 Å². The first-order chi connectivity index (χ1) is 19.5. The summed E-state index contributed by atoms with van der Waals surface area (Å²) in [7, 11) is -1.60. The molecule has 0 unspecified atom stereocenters. The van der Waals surface area contributed by atoms with Crippen LogP contribution in [0.2, 0.25) is 10.0 Å². The van der Waals surface area contributed by atoms with Gasteiger partial charge in [0, 0.05) is 34.3 Å². The molecule has 0 aromatic heterocycles. The van der Waals surface area contributed by atoms with Gasteiger partial charge in [0.1, 0.15) is 26.7 Å². The van der Waals surface area contributed by atoms with E-state index in [0.717, 1.165) is 8.61 Å². The molecular formula is C26H33Cl3N2O10S2. The molecular weight excluding hydrogens is 671 g/mol. The summed E-state index contributed by atoms with van der Waals surface area (Å²) < 4.78 is 54.6. The van der Waals surface area contributed by atoms with Gasteiger partial charge in [-0.05, 0) is 58.0 Å². The molecule has 17 heteroatoms. The van der Waals surface area contributed by atoms with Crippen molar-refractivity contribution in [1.29, 1.82) is 0 Å². The summed E-state index contributed by atoms with van der Waals surface area (Å²) in [5.74, 6) is -1.38. The first-order valence-corrected chi connectivity index (χ1v) is 16.0. The van der Waals surface area contributed by atoms with Gasteiger partial charge in [0.2, 0.25) is 26.2 Å². The number of ketones is 4. The molecule has 0 aliphatic heterocycles. The molecule has 2 aromatic rings. The minimum absolute atomic E-state index is 0.0121. The molecule has 0 saturated heterocycles. The first-order valence-electron chi connectivity index (χ1n) is 11.9. The van der Waals surface area contributed by atoms with E-state index in [1.807, 2.05) is 0 Å². The zero-order valence-corrected chi connectivity index (χ0v) is 28.5. The van der Waals surface area contributed by atoms with Crippen LogP contribution in [-0.2, 0) is 39.2 Å². The highest BCUT2D eigenvalue weighted by atomic mass is 35.5. The minimum Gasteiger partial charge on any atom is -0.508 e. The third-order valence-corrected chi connectivity index (χ3v) is 10.3. The summed E-state index contributed by atoms with van der Waals surface area (Å²) in [4.78, 5) is 43.0. The van der Waals surface area contributed by atoms with Crippen molar-refractivity contribution in [3.05, 3.63) is 46.4 Å². The number of nitrogens with zero attached hydrogens (tertiary/aromatic N) is 2. The fourth-order valence-corrected chi connectivity index (χ4v) is 5.54. The van der Waals surface area contributed by atoms with Crippen LogP contribution in [0.15, 0.2) is 46.2 Å². The molecule has 2 rings (SSSR count). The lowest BCUT2D eigenvalue weighted by molar-refractivity contribution is -0.134. The molecule has 0 aliphatic carbocycles. The minimum atomic E-state index is -3.67. The Labute approximate surface area is 266 Å². The van der Waals surface area contributed by atoms with E-state index in [1.54, 1.807) is 0 Å². The quantitative estimate of drug-likeness (QED) is 0.285. The van der Waals surface area contributed by atoms with Crippen LogP contribution in [0.5, 0.6) is 11.5 Å². The number of benzene rings is 2. The number of hydrogen-bond acceptors (Lipinski definition) is 10. The maximum absolute atomic E-state index is 12.0. The fraction of sp³-hybridized carbons (Fsp3) is 0.385. The standard InChI is InChI=1S/C13H16ClNO5S.C8H10ClNO3S.C5H7ClO2/c1-8(16)13(9(2)17)20-10-5-6-12(11(14)7-10)21(18,19)15(3)4;1-10(2)14(12,13)8-4-3-6(11)5-7(8)9;1-3(7)5(6)4(2)8/h5-7,13H,1-4H3;3-5,11H,1-2H3;5H,1-2H3. The lowest BCUT2D eigenvalue weighted by atomic mass is 10.2. The van der Waals surface area contributed by atoms with Crippen LogP contribution < -0.4 is 4.74 Å². The summed E-state index contributed by atoms with van der Waals surface area (Å²) in [5.41, 5.74) is 0. The predicted octanol–water partition coefficient (Wildman–Crippen LogP) is 3.58. The number of sulfonamides is 2. The van der Waals surface area contributed by atoms with Crippen molar-refractivity contribution >= 4 is 78.0 Å². The Morgan fingerprint density at radius 2 is 1.07 bits per heavy atom. The van der Waals surface area contributed by atoms with E-state index in [0.29, 0.717) is 0 Å². The Bertz CT molecular complexity index is 1530. The van der Waals surface area contributed by atoms with Gasteiger partial charge in [0.05, 0.1) is 10.0 Å². The lowest BCUT2D eigenvalue weighted by Crippen LogP contribution is -2.32. The molecule has 12 nitrogen and oxygen atoms in total. The number of hydrogen-bond donors (Lipinski definition) is 1. The van der Waals surface area contributed by atoms with E-state index in [-0.39, 0.29) is 42.9 Å². The highest BCUT2D eigenvalue weighted by Crippen LogP contribution is 2.29. The average molecular weight is 704 g/mol. The van der Waals surface area contributed by atoms with E-state index in [9.17, 15) is 36.0 Å². The summed E-state index contributed by atoms with van der Waals surface area (Å²) in [6.45, 7) is 5.05. The Balaban J connectivity index is 0.000000688. The number of carbonyl (C=O) groups is 4. The van der Waals surface area contributed by atoms with Gasteiger partial charge in [0.25, 0.3) is 0 Å². The van der Waals surface area contributed by atoms with Crippen LogP contribution >= 0.6 is 34.8 Å². The van der Waals surface area contributed by atoms with Crippen LogP contribution in [0.1, 0.15) is 27.7 Å². The Morgan fingerprint density at radius 3 is 1.35 bits per heavy atom. The van der Waals surface area contributed by atoms with Crippen LogP contribution in [0, 0.1) is 0 Å². The van der Waals surface area contributed by atoms with Gasteiger partial charge in [-0.25, -0.2) is 25.4 Å². The second-order valence-electron chi connectivity index (χ2n) is 9.08. The molecule has 0 saturated carbocycles. The van der Waals surface area contributed by atoms with Gasteiger partial charge in [0.15, 0.2) is 23.1 Å². The van der Waals surface area contributed by atoms with Crippen molar-refractivity contribution in [3.8, 4) is 11.5 Å². The summed E-state index contributed by atoms with van der Waals surface area (Å²) in [6.07, 6.45) is -1.22. The van der Waals surface area contributed by atoms with E-state index < -0.39 is 43.1 Å². The normalized spacial score (nSPS) is 11.4. The third-order valence-electron chi connectivity index (χ3n) is 5.04. The number of aromatic hydroxyl groups is 1. The van der Waals surface area contributed by atoms with Crippen molar-refractivity contribution < 1.29 is 45.9 Å².